The molecule has 1 fully saturated rings. The molecule has 1 saturated heterocycles. The molecule has 23 heavy (non-hydrogen) atoms. The Morgan fingerprint density at radius 1 is 1.52 bits per heavy atom. The monoisotopic (exact) mass is 331 g/mol. The van der Waals surface area contributed by atoms with Crippen molar-refractivity contribution in [1.29, 1.82) is 0 Å². The Kier molecular flexibility index (Phi) is 4.88. The Morgan fingerprint density at radius 2 is 2.39 bits per heavy atom. The van der Waals surface area contributed by atoms with Crippen molar-refractivity contribution in [2.75, 3.05) is 18.0 Å². The SMILES string of the molecule is CCc1csc(CNC(=O)c2ccc(N3CCC(N)C3)nc2)n1. The van der Waals surface area contributed by atoms with Crippen molar-refractivity contribution >= 4 is 23.1 Å². The number of rotatable bonds is 5. The maximum atomic E-state index is 12.2. The van der Waals surface area contributed by atoms with E-state index >= 15 is 0 Å². The average Bonchev–Trinajstić information content (AvgIpc) is 3.21. The number of nitrogens with one attached hydrogen (secondary N) is 1. The molecule has 0 spiro atoms. The Bertz CT molecular complexity index is 669. The van der Waals surface area contributed by atoms with Crippen LogP contribution in [0.3, 0.4) is 0 Å². The first-order valence-electron chi connectivity index (χ1n) is 7.83. The second-order valence-electron chi connectivity index (χ2n) is 5.67. The van der Waals surface area contributed by atoms with Gasteiger partial charge in [-0.05, 0) is 25.0 Å². The summed E-state index contributed by atoms with van der Waals surface area (Å²) >= 11 is 1.57. The van der Waals surface area contributed by atoms with Crippen molar-refractivity contribution in [1.82, 2.24) is 15.3 Å². The van der Waals surface area contributed by atoms with E-state index < -0.39 is 0 Å². The topological polar surface area (TPSA) is 84.1 Å². The van der Waals surface area contributed by atoms with Gasteiger partial charge >= 0.3 is 0 Å². The molecule has 1 unspecified atom stereocenters. The molecule has 0 bridgehead atoms. The van der Waals surface area contributed by atoms with Gasteiger partial charge in [0.1, 0.15) is 10.8 Å². The number of hydrogen-bond acceptors (Lipinski definition) is 6. The largest absolute Gasteiger partial charge is 0.355 e. The zero-order chi connectivity index (χ0) is 16.2. The normalized spacial score (nSPS) is 17.5. The predicted octanol–water partition coefficient (Wildman–Crippen LogP) is 1.57. The van der Waals surface area contributed by atoms with Gasteiger partial charge in [-0.1, -0.05) is 6.92 Å². The summed E-state index contributed by atoms with van der Waals surface area (Å²) in [7, 11) is 0. The minimum atomic E-state index is -0.129. The Hall–Kier alpha value is -1.99. The molecule has 2 aromatic heterocycles. The molecule has 2 aromatic rings. The van der Waals surface area contributed by atoms with Crippen molar-refractivity contribution in [2.24, 2.45) is 5.73 Å². The highest BCUT2D eigenvalue weighted by Crippen LogP contribution is 2.17. The number of anilines is 1. The lowest BCUT2D eigenvalue weighted by Gasteiger charge is -2.16. The maximum Gasteiger partial charge on any atom is 0.253 e. The molecule has 3 rings (SSSR count). The van der Waals surface area contributed by atoms with Gasteiger partial charge < -0.3 is 16.0 Å². The van der Waals surface area contributed by atoms with E-state index in [9.17, 15) is 4.79 Å². The lowest BCUT2D eigenvalue weighted by molar-refractivity contribution is 0.0950. The molecule has 0 aromatic carbocycles. The number of thiazole rings is 1. The smallest absolute Gasteiger partial charge is 0.253 e. The molecule has 0 saturated carbocycles. The average molecular weight is 331 g/mol. The van der Waals surface area contributed by atoms with E-state index in [4.69, 9.17) is 5.73 Å². The molecule has 1 amide bonds. The standard InChI is InChI=1S/C16H21N5OS/c1-2-13-10-23-15(20-13)8-19-16(22)11-3-4-14(18-7-11)21-6-5-12(17)9-21/h3-4,7,10,12H,2,5-6,8-9,17H2,1H3,(H,19,22). The molecule has 1 aliphatic heterocycles. The summed E-state index contributed by atoms with van der Waals surface area (Å²) in [5.74, 6) is 0.748. The van der Waals surface area contributed by atoms with Crippen LogP contribution in [0.1, 0.15) is 34.4 Å². The molecular formula is C16H21N5OS. The third-order valence-corrected chi connectivity index (χ3v) is 4.82. The number of nitrogens with two attached hydrogens (primary N) is 1. The van der Waals surface area contributed by atoms with Crippen LogP contribution in [0.2, 0.25) is 0 Å². The van der Waals surface area contributed by atoms with E-state index in [1.807, 2.05) is 11.4 Å². The van der Waals surface area contributed by atoms with Crippen molar-refractivity contribution in [3.63, 3.8) is 0 Å². The van der Waals surface area contributed by atoms with Gasteiger partial charge in [-0.25, -0.2) is 9.97 Å². The Balaban J connectivity index is 1.57. The van der Waals surface area contributed by atoms with Gasteiger partial charge in [0.05, 0.1) is 17.8 Å². The minimum Gasteiger partial charge on any atom is -0.355 e. The molecule has 7 heteroatoms. The second-order valence-corrected chi connectivity index (χ2v) is 6.61. The summed E-state index contributed by atoms with van der Waals surface area (Å²) in [5, 5.41) is 5.83. The summed E-state index contributed by atoms with van der Waals surface area (Å²) in [6.07, 6.45) is 3.52. The van der Waals surface area contributed by atoms with E-state index in [0.29, 0.717) is 12.1 Å². The highest BCUT2D eigenvalue weighted by atomic mass is 32.1. The third-order valence-electron chi connectivity index (χ3n) is 3.92. The van der Waals surface area contributed by atoms with Crippen LogP contribution in [0, 0.1) is 0 Å². The van der Waals surface area contributed by atoms with Crippen LogP contribution in [0.15, 0.2) is 23.7 Å². The molecule has 0 radical (unpaired) electrons. The number of hydrogen-bond donors (Lipinski definition) is 2. The van der Waals surface area contributed by atoms with Crippen LogP contribution >= 0.6 is 11.3 Å². The molecule has 1 aliphatic rings. The van der Waals surface area contributed by atoms with Crippen LogP contribution in [0.4, 0.5) is 5.82 Å². The highest BCUT2D eigenvalue weighted by molar-refractivity contribution is 7.09. The van der Waals surface area contributed by atoms with E-state index in [0.717, 1.165) is 42.5 Å². The number of nitrogens with zero attached hydrogens (tertiary/aromatic N) is 3. The Morgan fingerprint density at radius 3 is 3.00 bits per heavy atom. The van der Waals surface area contributed by atoms with Crippen LogP contribution in [-0.2, 0) is 13.0 Å². The first kappa shape index (κ1) is 15.9. The number of carbonyl (C=O) groups excluding carboxylic acids is 1. The number of pyridine rings is 1. The van der Waals surface area contributed by atoms with E-state index in [-0.39, 0.29) is 11.9 Å². The number of aromatic nitrogens is 2. The maximum absolute atomic E-state index is 12.2. The highest BCUT2D eigenvalue weighted by Gasteiger charge is 2.20. The van der Waals surface area contributed by atoms with Crippen LogP contribution < -0.4 is 16.0 Å². The van der Waals surface area contributed by atoms with Crippen LogP contribution in [-0.4, -0.2) is 35.0 Å². The summed E-state index contributed by atoms with van der Waals surface area (Å²) in [6, 6.07) is 3.90. The van der Waals surface area contributed by atoms with Crippen LogP contribution in [0.5, 0.6) is 0 Å². The van der Waals surface area contributed by atoms with Gasteiger partial charge in [0.15, 0.2) is 0 Å². The zero-order valence-corrected chi connectivity index (χ0v) is 14.0. The van der Waals surface area contributed by atoms with Gasteiger partial charge in [-0.15, -0.1) is 11.3 Å². The van der Waals surface area contributed by atoms with E-state index in [1.165, 1.54) is 0 Å². The quantitative estimate of drug-likeness (QED) is 0.869. The number of amides is 1. The summed E-state index contributed by atoms with van der Waals surface area (Å²) in [5.41, 5.74) is 7.53. The van der Waals surface area contributed by atoms with Gasteiger partial charge in [-0.3, -0.25) is 4.79 Å². The summed E-state index contributed by atoms with van der Waals surface area (Å²) in [4.78, 5) is 23.1. The fraction of sp³-hybridized carbons (Fsp3) is 0.438. The minimum absolute atomic E-state index is 0.129. The zero-order valence-electron chi connectivity index (χ0n) is 13.2. The lowest BCUT2D eigenvalue weighted by Crippen LogP contribution is -2.27. The first-order chi connectivity index (χ1) is 11.2. The van der Waals surface area contributed by atoms with Gasteiger partial charge in [0.25, 0.3) is 5.91 Å². The first-order valence-corrected chi connectivity index (χ1v) is 8.71. The molecular weight excluding hydrogens is 310 g/mol. The Labute approximate surface area is 139 Å². The number of aryl methyl sites for hydroxylation is 1. The lowest BCUT2D eigenvalue weighted by atomic mass is 10.2. The fourth-order valence-corrected chi connectivity index (χ4v) is 3.37. The molecule has 3 N–H and O–H groups in total. The summed E-state index contributed by atoms with van der Waals surface area (Å²) in [6.45, 7) is 4.26. The van der Waals surface area contributed by atoms with Crippen molar-refractivity contribution in [3.05, 3.63) is 40.0 Å². The molecule has 0 aliphatic carbocycles. The number of carbonyl (C=O) groups is 1. The van der Waals surface area contributed by atoms with Gasteiger partial charge in [0.2, 0.25) is 0 Å². The van der Waals surface area contributed by atoms with Crippen molar-refractivity contribution in [2.45, 2.75) is 32.4 Å². The molecule has 122 valence electrons. The predicted molar refractivity (Wildman–Crippen MR) is 91.7 cm³/mol. The van der Waals surface area contributed by atoms with Gasteiger partial charge in [-0.2, -0.15) is 0 Å². The fourth-order valence-electron chi connectivity index (χ4n) is 2.55. The molecule has 1 atom stereocenters. The van der Waals surface area contributed by atoms with E-state index in [1.54, 1.807) is 23.6 Å². The summed E-state index contributed by atoms with van der Waals surface area (Å²) < 4.78 is 0. The van der Waals surface area contributed by atoms with Gasteiger partial charge in [0, 0.05) is 30.7 Å². The van der Waals surface area contributed by atoms with Crippen molar-refractivity contribution < 1.29 is 4.79 Å². The second kappa shape index (κ2) is 7.06. The van der Waals surface area contributed by atoms with Crippen molar-refractivity contribution in [3.8, 4) is 0 Å². The van der Waals surface area contributed by atoms with E-state index in [2.05, 4.69) is 27.1 Å². The molecule has 6 nitrogen and oxygen atoms in total. The van der Waals surface area contributed by atoms with Crippen LogP contribution in [0.25, 0.3) is 0 Å². The molecule has 3 heterocycles. The third kappa shape index (κ3) is 3.86.